The van der Waals surface area contributed by atoms with Gasteiger partial charge in [-0.05, 0) is 52.7 Å². The van der Waals surface area contributed by atoms with Gasteiger partial charge in [0, 0.05) is 10.2 Å². The number of para-hydroxylation sites is 1. The van der Waals surface area contributed by atoms with E-state index in [9.17, 15) is 10.2 Å². The van der Waals surface area contributed by atoms with E-state index < -0.39 is 5.54 Å². The van der Waals surface area contributed by atoms with Crippen LogP contribution in [0.25, 0.3) is 0 Å². The van der Waals surface area contributed by atoms with Gasteiger partial charge in [-0.3, -0.25) is 0 Å². The number of halogens is 1. The van der Waals surface area contributed by atoms with Crippen LogP contribution in [-0.2, 0) is 5.54 Å². The molecule has 0 aromatic heterocycles. The van der Waals surface area contributed by atoms with Crippen molar-refractivity contribution in [3.05, 3.63) is 58.6 Å². The Morgan fingerprint density at radius 1 is 1.11 bits per heavy atom. The fraction of sp³-hybridized carbons (Fsp3) is 0.200. The van der Waals surface area contributed by atoms with E-state index in [0.29, 0.717) is 0 Å². The average molecular weight is 322 g/mol. The normalized spacial score (nSPS) is 13.8. The van der Waals surface area contributed by atoms with Gasteiger partial charge < -0.3 is 15.5 Å². The first-order valence-electron chi connectivity index (χ1n) is 5.98. The van der Waals surface area contributed by atoms with E-state index in [4.69, 9.17) is 0 Å². The lowest BCUT2D eigenvalue weighted by molar-refractivity contribution is 0.224. The van der Waals surface area contributed by atoms with E-state index >= 15 is 0 Å². The van der Waals surface area contributed by atoms with E-state index in [1.54, 1.807) is 24.3 Å². The number of benzene rings is 2. The molecule has 0 radical (unpaired) electrons. The molecule has 0 fully saturated rings. The summed E-state index contributed by atoms with van der Waals surface area (Å²) >= 11 is 3.48. The highest BCUT2D eigenvalue weighted by Gasteiger charge is 2.26. The molecule has 1 atom stereocenters. The smallest absolute Gasteiger partial charge is 0.115 e. The van der Waals surface area contributed by atoms with Gasteiger partial charge in [-0.25, -0.2) is 0 Å². The predicted molar refractivity (Wildman–Crippen MR) is 80.3 cm³/mol. The van der Waals surface area contributed by atoms with Crippen molar-refractivity contribution in [2.45, 2.75) is 12.5 Å². The third-order valence-corrected chi connectivity index (χ3v) is 3.80. The van der Waals surface area contributed by atoms with Gasteiger partial charge in [0.1, 0.15) is 5.75 Å². The molecule has 19 heavy (non-hydrogen) atoms. The number of hydrogen-bond acceptors (Lipinski definition) is 3. The van der Waals surface area contributed by atoms with Gasteiger partial charge in [-0.1, -0.05) is 24.3 Å². The standard InChI is InChI=1S/C15H16BrNO2/c1-15(10-18,11-6-8-12(19)9-7-11)17-14-5-3-2-4-13(14)16/h2-9,17-19H,10H2,1H3. The summed E-state index contributed by atoms with van der Waals surface area (Å²) in [5.74, 6) is 0.213. The lowest BCUT2D eigenvalue weighted by Gasteiger charge is -2.31. The van der Waals surface area contributed by atoms with Crippen LogP contribution in [0.4, 0.5) is 5.69 Å². The zero-order chi connectivity index (χ0) is 13.9. The van der Waals surface area contributed by atoms with Crippen molar-refractivity contribution in [1.82, 2.24) is 0 Å². The summed E-state index contributed by atoms with van der Waals surface area (Å²) < 4.78 is 0.938. The number of anilines is 1. The Balaban J connectivity index is 2.33. The number of phenolic OH excluding ortho intramolecular Hbond substituents is 1. The van der Waals surface area contributed by atoms with Crippen LogP contribution in [0.15, 0.2) is 53.0 Å². The minimum Gasteiger partial charge on any atom is -0.508 e. The van der Waals surface area contributed by atoms with Crippen LogP contribution in [0.1, 0.15) is 12.5 Å². The second-order valence-corrected chi connectivity index (χ2v) is 5.50. The van der Waals surface area contributed by atoms with Crippen LogP contribution in [0.3, 0.4) is 0 Å². The predicted octanol–water partition coefficient (Wildman–Crippen LogP) is 3.47. The molecule has 2 rings (SSSR count). The second-order valence-electron chi connectivity index (χ2n) is 4.64. The number of phenols is 1. The van der Waals surface area contributed by atoms with E-state index in [1.807, 2.05) is 31.2 Å². The molecule has 3 nitrogen and oxygen atoms in total. The molecule has 2 aromatic rings. The Morgan fingerprint density at radius 2 is 1.74 bits per heavy atom. The van der Waals surface area contributed by atoms with Gasteiger partial charge in [-0.15, -0.1) is 0 Å². The van der Waals surface area contributed by atoms with Crippen LogP contribution >= 0.6 is 15.9 Å². The molecule has 0 spiro atoms. The average Bonchev–Trinajstić information content (AvgIpc) is 2.42. The van der Waals surface area contributed by atoms with Crippen LogP contribution in [0.2, 0.25) is 0 Å². The molecule has 3 N–H and O–H groups in total. The van der Waals surface area contributed by atoms with Crippen LogP contribution in [0, 0.1) is 0 Å². The lowest BCUT2D eigenvalue weighted by atomic mass is 9.92. The summed E-state index contributed by atoms with van der Waals surface area (Å²) in [6.07, 6.45) is 0. The number of hydrogen-bond donors (Lipinski definition) is 3. The summed E-state index contributed by atoms with van der Waals surface area (Å²) in [6, 6.07) is 14.6. The van der Waals surface area contributed by atoms with E-state index in [2.05, 4.69) is 21.2 Å². The summed E-state index contributed by atoms with van der Waals surface area (Å²) in [6.45, 7) is 1.86. The Bertz CT molecular complexity index is 556. The zero-order valence-electron chi connectivity index (χ0n) is 10.6. The molecular weight excluding hydrogens is 306 g/mol. The second kappa shape index (κ2) is 5.63. The highest BCUT2D eigenvalue weighted by atomic mass is 79.9. The molecular formula is C15H16BrNO2. The third-order valence-electron chi connectivity index (χ3n) is 3.11. The first-order valence-corrected chi connectivity index (χ1v) is 6.77. The molecule has 100 valence electrons. The minimum absolute atomic E-state index is 0.0564. The summed E-state index contributed by atoms with van der Waals surface area (Å²) in [5.41, 5.74) is 1.20. The van der Waals surface area contributed by atoms with Crippen molar-refractivity contribution in [3.8, 4) is 5.75 Å². The molecule has 0 saturated heterocycles. The maximum absolute atomic E-state index is 9.72. The summed E-state index contributed by atoms with van der Waals surface area (Å²) in [5, 5.41) is 22.4. The Labute approximate surface area is 121 Å². The highest BCUT2D eigenvalue weighted by Crippen LogP contribution is 2.30. The molecule has 0 bridgehead atoms. The van der Waals surface area contributed by atoms with E-state index in [0.717, 1.165) is 15.7 Å². The molecule has 2 aromatic carbocycles. The molecule has 0 aliphatic heterocycles. The molecule has 0 saturated carbocycles. The van der Waals surface area contributed by atoms with Crippen LogP contribution in [-0.4, -0.2) is 16.8 Å². The summed E-state index contributed by atoms with van der Waals surface area (Å²) in [7, 11) is 0. The van der Waals surface area contributed by atoms with Crippen LogP contribution < -0.4 is 5.32 Å². The quantitative estimate of drug-likeness (QED) is 0.808. The molecule has 0 aliphatic carbocycles. The van der Waals surface area contributed by atoms with Crippen LogP contribution in [0.5, 0.6) is 5.75 Å². The minimum atomic E-state index is -0.614. The van der Waals surface area contributed by atoms with Gasteiger partial charge in [0.15, 0.2) is 0 Å². The maximum Gasteiger partial charge on any atom is 0.115 e. The maximum atomic E-state index is 9.72. The fourth-order valence-corrected chi connectivity index (χ4v) is 2.28. The Kier molecular flexibility index (Phi) is 4.12. The molecule has 1 unspecified atom stereocenters. The molecule has 0 heterocycles. The number of rotatable bonds is 4. The molecule has 0 amide bonds. The Hall–Kier alpha value is -1.52. The van der Waals surface area contributed by atoms with Crippen molar-refractivity contribution in [3.63, 3.8) is 0 Å². The van der Waals surface area contributed by atoms with Crippen molar-refractivity contribution in [2.24, 2.45) is 0 Å². The van der Waals surface area contributed by atoms with Gasteiger partial charge >= 0.3 is 0 Å². The van der Waals surface area contributed by atoms with Gasteiger partial charge in [0.05, 0.1) is 12.1 Å². The highest BCUT2D eigenvalue weighted by molar-refractivity contribution is 9.10. The lowest BCUT2D eigenvalue weighted by Crippen LogP contribution is -2.35. The van der Waals surface area contributed by atoms with Gasteiger partial charge in [0.25, 0.3) is 0 Å². The largest absolute Gasteiger partial charge is 0.508 e. The number of nitrogens with one attached hydrogen (secondary N) is 1. The topological polar surface area (TPSA) is 52.5 Å². The number of aliphatic hydroxyl groups excluding tert-OH is 1. The summed E-state index contributed by atoms with van der Waals surface area (Å²) in [4.78, 5) is 0. The third kappa shape index (κ3) is 3.08. The fourth-order valence-electron chi connectivity index (χ4n) is 1.89. The zero-order valence-corrected chi connectivity index (χ0v) is 12.2. The first-order chi connectivity index (χ1) is 9.05. The number of aliphatic hydroxyl groups is 1. The monoisotopic (exact) mass is 321 g/mol. The first kappa shape index (κ1) is 13.9. The van der Waals surface area contributed by atoms with E-state index in [-0.39, 0.29) is 12.4 Å². The van der Waals surface area contributed by atoms with Gasteiger partial charge in [-0.2, -0.15) is 0 Å². The van der Waals surface area contributed by atoms with Crippen molar-refractivity contribution in [1.29, 1.82) is 0 Å². The van der Waals surface area contributed by atoms with Gasteiger partial charge in [0.2, 0.25) is 0 Å². The van der Waals surface area contributed by atoms with Crippen molar-refractivity contribution < 1.29 is 10.2 Å². The van der Waals surface area contributed by atoms with Crippen molar-refractivity contribution >= 4 is 21.6 Å². The van der Waals surface area contributed by atoms with E-state index in [1.165, 1.54) is 0 Å². The SMILES string of the molecule is CC(CO)(Nc1ccccc1Br)c1ccc(O)cc1. The van der Waals surface area contributed by atoms with Crippen molar-refractivity contribution in [2.75, 3.05) is 11.9 Å². The number of aromatic hydroxyl groups is 1. The Morgan fingerprint density at radius 3 is 2.32 bits per heavy atom. The molecule has 0 aliphatic rings. The molecule has 4 heteroatoms.